The van der Waals surface area contributed by atoms with Gasteiger partial charge in [0.2, 0.25) is 5.91 Å². The van der Waals surface area contributed by atoms with Crippen molar-refractivity contribution in [3.05, 3.63) is 42.6 Å². The highest BCUT2D eigenvalue weighted by Crippen LogP contribution is 2.33. The topological polar surface area (TPSA) is 80.1 Å². The van der Waals surface area contributed by atoms with Crippen LogP contribution in [0.1, 0.15) is 5.56 Å². The molecular formula is C13H11N5OS. The number of pyridine rings is 1. The van der Waals surface area contributed by atoms with Crippen molar-refractivity contribution in [2.24, 2.45) is 4.99 Å². The van der Waals surface area contributed by atoms with Crippen molar-refractivity contribution in [1.82, 2.24) is 20.3 Å². The van der Waals surface area contributed by atoms with Crippen molar-refractivity contribution in [3.63, 3.8) is 0 Å². The summed E-state index contributed by atoms with van der Waals surface area (Å²) in [5.74, 6) is 0.535. The van der Waals surface area contributed by atoms with Gasteiger partial charge in [0.05, 0.1) is 4.90 Å². The Labute approximate surface area is 119 Å². The molecule has 0 saturated carbocycles. The number of amides is 1. The molecule has 20 heavy (non-hydrogen) atoms. The molecular weight excluding hydrogens is 274 g/mol. The quantitative estimate of drug-likeness (QED) is 0.921. The number of fused-ring (bicyclic) bond motifs is 1. The van der Waals surface area contributed by atoms with Gasteiger partial charge in [-0.15, -0.1) is 11.8 Å². The molecule has 6 nitrogen and oxygen atoms in total. The first-order chi connectivity index (χ1) is 9.83. The summed E-state index contributed by atoms with van der Waals surface area (Å²) >= 11 is 1.40. The Balaban J connectivity index is 1.62. The van der Waals surface area contributed by atoms with Gasteiger partial charge in [0.1, 0.15) is 11.6 Å². The van der Waals surface area contributed by atoms with Crippen LogP contribution in [0.2, 0.25) is 0 Å². The number of hydrogen-bond donors (Lipinski definition) is 1. The van der Waals surface area contributed by atoms with Gasteiger partial charge >= 0.3 is 0 Å². The van der Waals surface area contributed by atoms with Gasteiger partial charge in [0, 0.05) is 31.3 Å². The Morgan fingerprint density at radius 3 is 3.00 bits per heavy atom. The van der Waals surface area contributed by atoms with E-state index >= 15 is 0 Å². The third-order valence-corrected chi connectivity index (χ3v) is 3.85. The summed E-state index contributed by atoms with van der Waals surface area (Å²) in [6, 6.07) is 3.73. The maximum atomic E-state index is 12.1. The van der Waals surface area contributed by atoms with E-state index in [0.29, 0.717) is 12.4 Å². The zero-order valence-corrected chi connectivity index (χ0v) is 11.2. The molecule has 7 heteroatoms. The molecule has 2 aromatic heterocycles. The third-order valence-electron chi connectivity index (χ3n) is 2.72. The van der Waals surface area contributed by atoms with Crippen LogP contribution in [0.15, 0.2) is 46.9 Å². The first-order valence-electron chi connectivity index (χ1n) is 6.00. The number of rotatable bonds is 3. The lowest BCUT2D eigenvalue weighted by Crippen LogP contribution is -2.33. The zero-order chi connectivity index (χ0) is 13.8. The monoisotopic (exact) mass is 285 g/mol. The van der Waals surface area contributed by atoms with Gasteiger partial charge in [0.25, 0.3) is 0 Å². The molecule has 0 radical (unpaired) electrons. The van der Waals surface area contributed by atoms with E-state index < -0.39 is 0 Å². The molecule has 0 fully saturated rings. The molecule has 3 heterocycles. The lowest BCUT2D eigenvalue weighted by molar-refractivity contribution is -0.119. The highest BCUT2D eigenvalue weighted by molar-refractivity contribution is 8.01. The van der Waals surface area contributed by atoms with Crippen LogP contribution < -0.4 is 5.32 Å². The summed E-state index contributed by atoms with van der Waals surface area (Å²) in [4.78, 5) is 29.0. The van der Waals surface area contributed by atoms with E-state index in [1.807, 2.05) is 12.1 Å². The van der Waals surface area contributed by atoms with Gasteiger partial charge in [-0.25, -0.2) is 15.0 Å². The first-order valence-corrected chi connectivity index (χ1v) is 6.88. The fourth-order valence-electron chi connectivity index (χ4n) is 1.71. The largest absolute Gasteiger partial charge is 0.351 e. The summed E-state index contributed by atoms with van der Waals surface area (Å²) in [7, 11) is 0. The minimum atomic E-state index is -0.352. The SMILES string of the molecule is O=C(NCc1ccncc1)C1C=Nc2ncncc2S1. The average Bonchev–Trinajstić information content (AvgIpc) is 2.53. The van der Waals surface area contributed by atoms with Crippen LogP contribution in [0.25, 0.3) is 0 Å². The summed E-state index contributed by atoms with van der Waals surface area (Å²) in [5, 5.41) is 2.53. The lowest BCUT2D eigenvalue weighted by Gasteiger charge is -2.16. The summed E-state index contributed by atoms with van der Waals surface area (Å²) < 4.78 is 0. The smallest absolute Gasteiger partial charge is 0.239 e. The minimum absolute atomic E-state index is 0.0786. The molecule has 0 bridgehead atoms. The van der Waals surface area contributed by atoms with Crippen LogP contribution in [0, 0.1) is 0 Å². The molecule has 0 aromatic carbocycles. The minimum Gasteiger partial charge on any atom is -0.351 e. The molecule has 1 atom stereocenters. The molecule has 1 aliphatic rings. The number of nitrogens with zero attached hydrogens (tertiary/aromatic N) is 4. The molecule has 1 aliphatic heterocycles. The number of carbonyl (C=O) groups excluding carboxylic acids is 1. The fraction of sp³-hybridized carbons (Fsp3) is 0.154. The number of nitrogens with one attached hydrogen (secondary N) is 1. The van der Waals surface area contributed by atoms with Crippen molar-refractivity contribution in [3.8, 4) is 0 Å². The Hall–Kier alpha value is -2.28. The van der Waals surface area contributed by atoms with Gasteiger partial charge in [-0.05, 0) is 17.7 Å². The maximum absolute atomic E-state index is 12.1. The Bertz CT molecular complexity index is 646. The first kappa shape index (κ1) is 12.7. The van der Waals surface area contributed by atoms with Crippen LogP contribution in [0.4, 0.5) is 5.82 Å². The molecule has 1 amide bonds. The molecule has 1 unspecified atom stereocenters. The van der Waals surface area contributed by atoms with Gasteiger partial charge in [-0.2, -0.15) is 0 Å². The van der Waals surface area contributed by atoms with E-state index in [1.165, 1.54) is 18.1 Å². The molecule has 100 valence electrons. The van der Waals surface area contributed by atoms with Crippen molar-refractivity contribution < 1.29 is 4.79 Å². The van der Waals surface area contributed by atoms with Crippen LogP contribution in [0.5, 0.6) is 0 Å². The standard InChI is InChI=1S/C13H11N5OS/c19-13(17-5-9-1-3-14-4-2-9)11-7-16-12-10(20-11)6-15-8-18-12/h1-4,6-8,11H,5H2,(H,17,19). The Morgan fingerprint density at radius 2 is 2.15 bits per heavy atom. The number of hydrogen-bond acceptors (Lipinski definition) is 6. The fourth-order valence-corrected chi connectivity index (χ4v) is 2.63. The van der Waals surface area contributed by atoms with E-state index in [-0.39, 0.29) is 11.2 Å². The van der Waals surface area contributed by atoms with Crippen molar-refractivity contribution in [2.75, 3.05) is 0 Å². The van der Waals surface area contributed by atoms with Gasteiger partial charge in [-0.1, -0.05) is 0 Å². The van der Waals surface area contributed by atoms with Crippen LogP contribution in [-0.4, -0.2) is 32.3 Å². The van der Waals surface area contributed by atoms with Crippen LogP contribution in [-0.2, 0) is 11.3 Å². The molecule has 0 spiro atoms. The van der Waals surface area contributed by atoms with Gasteiger partial charge in [0.15, 0.2) is 5.82 Å². The van der Waals surface area contributed by atoms with Crippen molar-refractivity contribution >= 4 is 29.7 Å². The molecule has 0 saturated heterocycles. The average molecular weight is 285 g/mol. The van der Waals surface area contributed by atoms with E-state index in [0.717, 1.165) is 10.5 Å². The third kappa shape index (κ3) is 2.83. The zero-order valence-electron chi connectivity index (χ0n) is 10.4. The molecule has 3 rings (SSSR count). The number of thioether (sulfide) groups is 1. The predicted octanol–water partition coefficient (Wildman–Crippen LogP) is 1.36. The van der Waals surface area contributed by atoms with Crippen LogP contribution in [0.3, 0.4) is 0 Å². The summed E-state index contributed by atoms with van der Waals surface area (Å²) in [6.45, 7) is 0.477. The van der Waals surface area contributed by atoms with E-state index in [9.17, 15) is 4.79 Å². The second-order valence-corrected chi connectivity index (χ2v) is 5.28. The normalized spacial score (nSPS) is 16.5. The second-order valence-electron chi connectivity index (χ2n) is 4.10. The summed E-state index contributed by atoms with van der Waals surface area (Å²) in [5.41, 5.74) is 1.01. The maximum Gasteiger partial charge on any atom is 0.239 e. The molecule has 0 aliphatic carbocycles. The Morgan fingerprint density at radius 1 is 1.30 bits per heavy atom. The van der Waals surface area contributed by atoms with E-state index in [1.54, 1.807) is 24.8 Å². The second kappa shape index (κ2) is 5.79. The van der Waals surface area contributed by atoms with E-state index in [4.69, 9.17) is 0 Å². The van der Waals surface area contributed by atoms with Gasteiger partial charge in [-0.3, -0.25) is 9.78 Å². The van der Waals surface area contributed by atoms with Crippen molar-refractivity contribution in [2.45, 2.75) is 16.7 Å². The number of aromatic nitrogens is 3. The lowest BCUT2D eigenvalue weighted by atomic mass is 10.2. The highest BCUT2D eigenvalue weighted by atomic mass is 32.2. The van der Waals surface area contributed by atoms with Crippen LogP contribution >= 0.6 is 11.8 Å². The van der Waals surface area contributed by atoms with E-state index in [2.05, 4.69) is 25.3 Å². The molecule has 1 N–H and O–H groups in total. The number of aliphatic imine (C=N–C) groups is 1. The summed E-state index contributed by atoms with van der Waals surface area (Å²) in [6.07, 6.45) is 8.13. The molecule has 2 aromatic rings. The predicted molar refractivity (Wildman–Crippen MR) is 75.9 cm³/mol. The number of carbonyl (C=O) groups is 1. The van der Waals surface area contributed by atoms with Gasteiger partial charge < -0.3 is 5.32 Å². The highest BCUT2D eigenvalue weighted by Gasteiger charge is 2.23. The Kier molecular flexibility index (Phi) is 3.69. The van der Waals surface area contributed by atoms with Crippen molar-refractivity contribution in [1.29, 1.82) is 0 Å².